The Morgan fingerprint density at radius 3 is 1.08 bits per heavy atom. The summed E-state index contributed by atoms with van der Waals surface area (Å²) < 4.78 is 26.3. The molecule has 0 heterocycles. The van der Waals surface area contributed by atoms with Gasteiger partial charge in [-0.2, -0.15) is 8.42 Å². The van der Waals surface area contributed by atoms with Crippen molar-refractivity contribution in [3.8, 4) is 0 Å². The maximum absolute atomic E-state index is 10.8. The van der Waals surface area contributed by atoms with Crippen LogP contribution in [0.25, 0.3) is 0 Å². The first-order valence-corrected chi connectivity index (χ1v) is 12.7. The third-order valence-corrected chi connectivity index (χ3v) is 5.39. The van der Waals surface area contributed by atoms with E-state index in [1.54, 1.807) is 0 Å². The molecule has 3 nitrogen and oxygen atoms in total. The minimum absolute atomic E-state index is 0.345. The maximum atomic E-state index is 10.8. The standard InChI is InChI=1S/C21H44O3S/c1-3-4-5-6-7-8-9-10-11-12-13-14-15-16-17-18-19-20-21-24-25(2,22)23/h3-21H2,1-2H3. The quantitative estimate of drug-likeness (QED) is 0.170. The van der Waals surface area contributed by atoms with Crippen LogP contribution in [0.5, 0.6) is 0 Å². The van der Waals surface area contributed by atoms with E-state index in [0.717, 1.165) is 19.1 Å². The van der Waals surface area contributed by atoms with Crippen LogP contribution >= 0.6 is 0 Å². The second-order valence-corrected chi connectivity index (χ2v) is 9.18. The van der Waals surface area contributed by atoms with Gasteiger partial charge in [-0.25, -0.2) is 0 Å². The van der Waals surface area contributed by atoms with E-state index in [9.17, 15) is 8.42 Å². The number of hydrogen-bond donors (Lipinski definition) is 0. The zero-order valence-corrected chi connectivity index (χ0v) is 17.9. The van der Waals surface area contributed by atoms with Gasteiger partial charge in [0.05, 0.1) is 12.9 Å². The van der Waals surface area contributed by atoms with Gasteiger partial charge in [-0.05, 0) is 6.42 Å². The number of hydrogen-bond acceptors (Lipinski definition) is 3. The highest BCUT2D eigenvalue weighted by Crippen LogP contribution is 2.14. The van der Waals surface area contributed by atoms with E-state index in [-0.39, 0.29) is 0 Å². The van der Waals surface area contributed by atoms with Crippen molar-refractivity contribution in [1.82, 2.24) is 0 Å². The molecule has 25 heavy (non-hydrogen) atoms. The minimum Gasteiger partial charge on any atom is -0.270 e. The molecule has 0 atom stereocenters. The molecule has 0 radical (unpaired) electrons. The van der Waals surface area contributed by atoms with Crippen molar-refractivity contribution in [3.63, 3.8) is 0 Å². The van der Waals surface area contributed by atoms with E-state index >= 15 is 0 Å². The first-order chi connectivity index (χ1) is 12.1. The van der Waals surface area contributed by atoms with Gasteiger partial charge < -0.3 is 0 Å². The molecular weight excluding hydrogens is 332 g/mol. The van der Waals surface area contributed by atoms with Crippen molar-refractivity contribution in [1.29, 1.82) is 0 Å². The molecule has 0 unspecified atom stereocenters. The lowest BCUT2D eigenvalue weighted by Gasteiger charge is -2.04. The fraction of sp³-hybridized carbons (Fsp3) is 1.00. The zero-order valence-electron chi connectivity index (χ0n) is 17.1. The lowest BCUT2D eigenvalue weighted by molar-refractivity contribution is 0.309. The third-order valence-electron chi connectivity index (χ3n) is 4.80. The molecule has 0 bridgehead atoms. The highest BCUT2D eigenvalue weighted by molar-refractivity contribution is 7.85. The van der Waals surface area contributed by atoms with Gasteiger partial charge in [-0.1, -0.05) is 116 Å². The van der Waals surface area contributed by atoms with Crippen LogP contribution in [-0.4, -0.2) is 21.3 Å². The molecule has 0 N–H and O–H groups in total. The molecule has 0 aromatic carbocycles. The highest BCUT2D eigenvalue weighted by Gasteiger charge is 2.00. The fourth-order valence-corrected chi connectivity index (χ4v) is 3.63. The molecular formula is C21H44O3S. The van der Waals surface area contributed by atoms with Crippen molar-refractivity contribution >= 4 is 10.1 Å². The minimum atomic E-state index is -3.25. The van der Waals surface area contributed by atoms with Gasteiger partial charge in [-0.15, -0.1) is 0 Å². The molecule has 0 spiro atoms. The lowest BCUT2D eigenvalue weighted by atomic mass is 10.0. The average Bonchev–Trinajstić information content (AvgIpc) is 2.56. The van der Waals surface area contributed by atoms with Crippen LogP contribution in [0.2, 0.25) is 0 Å². The lowest BCUT2D eigenvalue weighted by Crippen LogP contribution is -2.03. The summed E-state index contributed by atoms with van der Waals surface area (Å²) in [6.45, 7) is 2.62. The Labute approximate surface area is 158 Å². The van der Waals surface area contributed by atoms with E-state index in [2.05, 4.69) is 6.92 Å². The maximum Gasteiger partial charge on any atom is 0.264 e. The Balaban J connectivity index is 3.03. The molecule has 0 fully saturated rings. The van der Waals surface area contributed by atoms with Crippen molar-refractivity contribution in [2.24, 2.45) is 0 Å². The van der Waals surface area contributed by atoms with Crippen LogP contribution in [-0.2, 0) is 14.3 Å². The van der Waals surface area contributed by atoms with Crippen LogP contribution in [0.15, 0.2) is 0 Å². The van der Waals surface area contributed by atoms with E-state index in [1.165, 1.54) is 103 Å². The molecule has 152 valence electrons. The first-order valence-electron chi connectivity index (χ1n) is 10.9. The van der Waals surface area contributed by atoms with Gasteiger partial charge >= 0.3 is 0 Å². The first kappa shape index (κ1) is 24.9. The summed E-state index contributed by atoms with van der Waals surface area (Å²) in [4.78, 5) is 0. The summed E-state index contributed by atoms with van der Waals surface area (Å²) in [5, 5.41) is 0. The summed E-state index contributed by atoms with van der Waals surface area (Å²) in [6, 6.07) is 0. The van der Waals surface area contributed by atoms with Gasteiger partial charge in [0.2, 0.25) is 0 Å². The Bertz CT molecular complexity index is 352. The monoisotopic (exact) mass is 376 g/mol. The molecule has 0 aromatic heterocycles. The molecule has 0 saturated carbocycles. The Morgan fingerprint density at radius 1 is 0.520 bits per heavy atom. The summed E-state index contributed by atoms with van der Waals surface area (Å²) in [6.07, 6.45) is 25.2. The van der Waals surface area contributed by atoms with Crippen molar-refractivity contribution in [2.45, 2.75) is 122 Å². The average molecular weight is 377 g/mol. The van der Waals surface area contributed by atoms with Crippen molar-refractivity contribution in [2.75, 3.05) is 12.9 Å². The second-order valence-electron chi connectivity index (χ2n) is 7.54. The van der Waals surface area contributed by atoms with Crippen LogP contribution in [0.1, 0.15) is 122 Å². The van der Waals surface area contributed by atoms with E-state index < -0.39 is 10.1 Å². The molecule has 4 heteroatoms. The zero-order chi connectivity index (χ0) is 18.6. The Hall–Kier alpha value is -0.0900. The topological polar surface area (TPSA) is 43.4 Å². The predicted molar refractivity (Wildman–Crippen MR) is 110 cm³/mol. The SMILES string of the molecule is CCCCCCCCCCCCCCCCCCCCOS(C)(=O)=O. The second kappa shape index (κ2) is 18.7. The summed E-state index contributed by atoms with van der Waals surface area (Å²) >= 11 is 0. The molecule has 0 aromatic rings. The van der Waals surface area contributed by atoms with Crippen LogP contribution in [0.3, 0.4) is 0 Å². The van der Waals surface area contributed by atoms with Gasteiger partial charge in [-0.3, -0.25) is 4.18 Å². The summed E-state index contributed by atoms with van der Waals surface area (Å²) in [5.74, 6) is 0. The molecule has 0 aliphatic rings. The molecule has 0 aliphatic carbocycles. The largest absolute Gasteiger partial charge is 0.270 e. The highest BCUT2D eigenvalue weighted by atomic mass is 32.2. The van der Waals surface area contributed by atoms with E-state index in [0.29, 0.717) is 6.61 Å². The Kier molecular flexibility index (Phi) is 18.6. The molecule has 0 amide bonds. The smallest absolute Gasteiger partial charge is 0.264 e. The van der Waals surface area contributed by atoms with Crippen LogP contribution in [0, 0.1) is 0 Å². The van der Waals surface area contributed by atoms with Crippen molar-refractivity contribution < 1.29 is 12.6 Å². The van der Waals surface area contributed by atoms with E-state index in [4.69, 9.17) is 4.18 Å². The summed E-state index contributed by atoms with van der Waals surface area (Å²) in [7, 11) is -3.25. The van der Waals surface area contributed by atoms with Gasteiger partial charge in [0.25, 0.3) is 10.1 Å². The molecule has 0 aliphatic heterocycles. The van der Waals surface area contributed by atoms with Gasteiger partial charge in [0, 0.05) is 0 Å². The van der Waals surface area contributed by atoms with Crippen LogP contribution < -0.4 is 0 Å². The van der Waals surface area contributed by atoms with Crippen molar-refractivity contribution in [3.05, 3.63) is 0 Å². The number of rotatable bonds is 20. The van der Waals surface area contributed by atoms with Gasteiger partial charge in [0.15, 0.2) is 0 Å². The predicted octanol–water partition coefficient (Wildman–Crippen LogP) is 7.00. The van der Waals surface area contributed by atoms with Crippen LogP contribution in [0.4, 0.5) is 0 Å². The molecule has 0 saturated heterocycles. The molecule has 0 rings (SSSR count). The fourth-order valence-electron chi connectivity index (χ4n) is 3.21. The van der Waals surface area contributed by atoms with E-state index in [1.807, 2.05) is 0 Å². The summed E-state index contributed by atoms with van der Waals surface area (Å²) in [5.41, 5.74) is 0. The Morgan fingerprint density at radius 2 is 0.800 bits per heavy atom. The third kappa shape index (κ3) is 23.9. The normalized spacial score (nSPS) is 11.9. The number of unbranched alkanes of at least 4 members (excludes halogenated alkanes) is 17. The van der Waals surface area contributed by atoms with Gasteiger partial charge in [0.1, 0.15) is 0 Å².